The molecule has 0 aliphatic carbocycles. The molecule has 0 heterocycles. The van der Waals surface area contributed by atoms with Crippen LogP contribution in [0.1, 0.15) is 25.0 Å². The molecular weight excluding hydrogens is 232 g/mol. The quantitative estimate of drug-likeness (QED) is 0.751. The van der Waals surface area contributed by atoms with Crippen molar-refractivity contribution in [3.8, 4) is 0 Å². The Morgan fingerprint density at radius 2 is 1.11 bits per heavy atom. The average molecular weight is 254 g/mol. The summed E-state index contributed by atoms with van der Waals surface area (Å²) in [5, 5.41) is 6.91. The van der Waals surface area contributed by atoms with E-state index in [4.69, 9.17) is 0 Å². The van der Waals surface area contributed by atoms with Gasteiger partial charge in [0.15, 0.2) is 0 Å². The van der Waals surface area contributed by atoms with Crippen LogP contribution in [0.3, 0.4) is 0 Å². The molecule has 0 amide bonds. The molecule has 0 aromatic heterocycles. The third-order valence-corrected chi connectivity index (χ3v) is 3.35. The first-order valence-corrected chi connectivity index (χ1v) is 6.98. The molecule has 2 rings (SSSR count). The van der Waals surface area contributed by atoms with Crippen LogP contribution in [0.4, 0.5) is 11.4 Å². The first-order chi connectivity index (χ1) is 9.35. The number of benzene rings is 2. The highest BCUT2D eigenvalue weighted by Gasteiger charge is 2.00. The molecule has 2 aromatic carbocycles. The molecule has 0 aliphatic heterocycles. The lowest BCUT2D eigenvalue weighted by Crippen LogP contribution is -2.13. The third kappa shape index (κ3) is 3.50. The Hall–Kier alpha value is -1.96. The molecule has 0 unspecified atom stereocenters. The third-order valence-electron chi connectivity index (χ3n) is 3.35. The standard InChI is InChI=1S/C17H22N2/c1-3-14-9-5-7-11-16(14)18-13-19-17-12-8-6-10-15(17)4-2/h5-12,18-19H,3-4,13H2,1-2H3. The van der Waals surface area contributed by atoms with Gasteiger partial charge in [0.05, 0.1) is 6.67 Å². The molecular formula is C17H22N2. The second-order valence-corrected chi connectivity index (χ2v) is 4.55. The van der Waals surface area contributed by atoms with E-state index in [1.807, 2.05) is 0 Å². The summed E-state index contributed by atoms with van der Waals surface area (Å²) >= 11 is 0. The Morgan fingerprint density at radius 1 is 0.684 bits per heavy atom. The van der Waals surface area contributed by atoms with Crippen molar-refractivity contribution < 1.29 is 0 Å². The van der Waals surface area contributed by atoms with Crippen molar-refractivity contribution in [3.05, 3.63) is 59.7 Å². The van der Waals surface area contributed by atoms with Gasteiger partial charge in [-0.05, 0) is 36.1 Å². The zero-order chi connectivity index (χ0) is 13.5. The van der Waals surface area contributed by atoms with E-state index in [1.165, 1.54) is 22.5 Å². The summed E-state index contributed by atoms with van der Waals surface area (Å²) in [7, 11) is 0. The minimum Gasteiger partial charge on any atom is -0.368 e. The van der Waals surface area contributed by atoms with Gasteiger partial charge in [-0.2, -0.15) is 0 Å². The van der Waals surface area contributed by atoms with Gasteiger partial charge in [-0.25, -0.2) is 0 Å². The summed E-state index contributed by atoms with van der Waals surface area (Å²) in [5.41, 5.74) is 5.14. The Bertz CT molecular complexity index is 473. The fourth-order valence-corrected chi connectivity index (χ4v) is 2.24. The summed E-state index contributed by atoms with van der Waals surface area (Å²) in [6.45, 7) is 5.11. The summed E-state index contributed by atoms with van der Waals surface area (Å²) in [6.07, 6.45) is 2.10. The minimum absolute atomic E-state index is 0.744. The van der Waals surface area contributed by atoms with E-state index >= 15 is 0 Å². The predicted octanol–water partition coefficient (Wildman–Crippen LogP) is 4.29. The molecule has 0 radical (unpaired) electrons. The van der Waals surface area contributed by atoms with Crippen molar-refractivity contribution in [2.75, 3.05) is 17.3 Å². The predicted molar refractivity (Wildman–Crippen MR) is 83.8 cm³/mol. The van der Waals surface area contributed by atoms with Crippen LogP contribution in [-0.4, -0.2) is 6.67 Å². The van der Waals surface area contributed by atoms with Crippen molar-refractivity contribution in [2.24, 2.45) is 0 Å². The Labute approximate surface area is 115 Å². The van der Waals surface area contributed by atoms with E-state index in [2.05, 4.69) is 73.0 Å². The fourth-order valence-electron chi connectivity index (χ4n) is 2.24. The highest BCUT2D eigenvalue weighted by Crippen LogP contribution is 2.17. The molecule has 2 N–H and O–H groups in total. The Kier molecular flexibility index (Phi) is 4.85. The van der Waals surface area contributed by atoms with Gasteiger partial charge in [0, 0.05) is 11.4 Å². The van der Waals surface area contributed by atoms with Crippen LogP contribution in [-0.2, 0) is 12.8 Å². The van der Waals surface area contributed by atoms with Crippen LogP contribution in [0.25, 0.3) is 0 Å². The van der Waals surface area contributed by atoms with Crippen LogP contribution < -0.4 is 10.6 Å². The van der Waals surface area contributed by atoms with Gasteiger partial charge in [0.25, 0.3) is 0 Å². The van der Waals surface area contributed by atoms with Crippen molar-refractivity contribution in [2.45, 2.75) is 26.7 Å². The Morgan fingerprint density at radius 3 is 1.53 bits per heavy atom. The molecule has 0 saturated heterocycles. The first kappa shape index (κ1) is 13.5. The number of aryl methyl sites for hydroxylation is 2. The number of rotatable bonds is 6. The average Bonchev–Trinajstić information content (AvgIpc) is 2.48. The molecule has 0 saturated carbocycles. The lowest BCUT2D eigenvalue weighted by Gasteiger charge is -2.14. The molecule has 0 aliphatic rings. The number of para-hydroxylation sites is 2. The van der Waals surface area contributed by atoms with Crippen molar-refractivity contribution in [1.82, 2.24) is 0 Å². The largest absolute Gasteiger partial charge is 0.368 e. The van der Waals surface area contributed by atoms with Gasteiger partial charge in [-0.3, -0.25) is 0 Å². The highest BCUT2D eigenvalue weighted by molar-refractivity contribution is 5.55. The topological polar surface area (TPSA) is 24.1 Å². The minimum atomic E-state index is 0.744. The van der Waals surface area contributed by atoms with Crippen molar-refractivity contribution >= 4 is 11.4 Å². The lowest BCUT2D eigenvalue weighted by molar-refractivity contribution is 1.10. The molecule has 0 bridgehead atoms. The van der Waals surface area contributed by atoms with Gasteiger partial charge in [-0.1, -0.05) is 50.2 Å². The van der Waals surface area contributed by atoms with Gasteiger partial charge in [0.2, 0.25) is 0 Å². The summed E-state index contributed by atoms with van der Waals surface area (Å²) in [6, 6.07) is 16.9. The van der Waals surface area contributed by atoms with E-state index < -0.39 is 0 Å². The summed E-state index contributed by atoms with van der Waals surface area (Å²) in [4.78, 5) is 0. The highest BCUT2D eigenvalue weighted by atomic mass is 15.1. The number of hydrogen-bond donors (Lipinski definition) is 2. The van der Waals surface area contributed by atoms with Crippen LogP contribution in [0.15, 0.2) is 48.5 Å². The molecule has 0 atom stereocenters. The molecule has 100 valence electrons. The van der Waals surface area contributed by atoms with E-state index in [1.54, 1.807) is 0 Å². The Balaban J connectivity index is 1.96. The number of anilines is 2. The van der Waals surface area contributed by atoms with E-state index in [-0.39, 0.29) is 0 Å². The molecule has 19 heavy (non-hydrogen) atoms. The van der Waals surface area contributed by atoms with Gasteiger partial charge >= 0.3 is 0 Å². The van der Waals surface area contributed by atoms with Crippen molar-refractivity contribution in [3.63, 3.8) is 0 Å². The van der Waals surface area contributed by atoms with Crippen LogP contribution in [0.5, 0.6) is 0 Å². The zero-order valence-electron chi connectivity index (χ0n) is 11.7. The van der Waals surface area contributed by atoms with Gasteiger partial charge in [-0.15, -0.1) is 0 Å². The normalized spacial score (nSPS) is 10.2. The van der Waals surface area contributed by atoms with Crippen LogP contribution in [0.2, 0.25) is 0 Å². The van der Waals surface area contributed by atoms with E-state index in [9.17, 15) is 0 Å². The summed E-state index contributed by atoms with van der Waals surface area (Å²) in [5.74, 6) is 0. The lowest BCUT2D eigenvalue weighted by atomic mass is 10.1. The molecule has 2 aromatic rings. The van der Waals surface area contributed by atoms with E-state index in [0.717, 1.165) is 19.5 Å². The van der Waals surface area contributed by atoms with Gasteiger partial charge in [0.1, 0.15) is 0 Å². The number of nitrogens with one attached hydrogen (secondary N) is 2. The molecule has 0 fully saturated rings. The van der Waals surface area contributed by atoms with Crippen LogP contribution in [0, 0.1) is 0 Å². The second-order valence-electron chi connectivity index (χ2n) is 4.55. The molecule has 2 nitrogen and oxygen atoms in total. The van der Waals surface area contributed by atoms with Crippen LogP contribution >= 0.6 is 0 Å². The maximum atomic E-state index is 3.45. The first-order valence-electron chi connectivity index (χ1n) is 6.98. The second kappa shape index (κ2) is 6.83. The monoisotopic (exact) mass is 254 g/mol. The molecule has 2 heteroatoms. The van der Waals surface area contributed by atoms with E-state index in [0.29, 0.717) is 0 Å². The smallest absolute Gasteiger partial charge is 0.0849 e. The fraction of sp³-hybridized carbons (Fsp3) is 0.294. The van der Waals surface area contributed by atoms with Crippen molar-refractivity contribution in [1.29, 1.82) is 0 Å². The zero-order valence-corrected chi connectivity index (χ0v) is 11.7. The summed E-state index contributed by atoms with van der Waals surface area (Å²) < 4.78 is 0. The SMILES string of the molecule is CCc1ccccc1NCNc1ccccc1CC. The maximum absolute atomic E-state index is 3.45. The number of hydrogen-bond acceptors (Lipinski definition) is 2. The molecule has 0 spiro atoms. The maximum Gasteiger partial charge on any atom is 0.0849 e. The van der Waals surface area contributed by atoms with Gasteiger partial charge < -0.3 is 10.6 Å².